The summed E-state index contributed by atoms with van der Waals surface area (Å²) in [5.41, 5.74) is 0.692. The molecule has 0 radical (unpaired) electrons. The minimum atomic E-state index is -0.368. The molecule has 0 saturated heterocycles. The highest BCUT2D eigenvalue weighted by Crippen LogP contribution is 2.66. The molecule has 0 heterocycles. The number of hydrogen-bond acceptors (Lipinski definition) is 3. The number of hydrogen-bond donors (Lipinski definition) is 2. The Morgan fingerprint density at radius 3 is 2.45 bits per heavy atom. The number of aliphatic hydroxyl groups excluding tert-OH is 1. The fourth-order valence-corrected chi connectivity index (χ4v) is 5.28. The Labute approximate surface area is 136 Å². The number of nitrogens with one attached hydrogen (secondary N) is 1. The lowest BCUT2D eigenvalue weighted by Gasteiger charge is -2.39. The standard InChI is InChI=1S/C19H35NO2/c1-18(2)14-9-10-19(18,3)17(11-14)22-13-16(21)12-20-15-7-5-4-6-8-15/h14-17,20-21H,4-13H2,1-3H3/t14-,16-,17-,19+/m1/s1. The lowest BCUT2D eigenvalue weighted by Crippen LogP contribution is -2.41. The largest absolute Gasteiger partial charge is 0.389 e. The second-order valence-electron chi connectivity index (χ2n) is 8.83. The fraction of sp³-hybridized carbons (Fsp3) is 1.00. The van der Waals surface area contributed by atoms with Crippen molar-refractivity contribution >= 4 is 0 Å². The Bertz CT molecular complexity index is 378. The van der Waals surface area contributed by atoms with Gasteiger partial charge in [0, 0.05) is 12.6 Å². The van der Waals surface area contributed by atoms with Gasteiger partial charge in [0.25, 0.3) is 0 Å². The summed E-state index contributed by atoms with van der Waals surface area (Å²) in [5, 5.41) is 13.8. The van der Waals surface area contributed by atoms with Gasteiger partial charge in [-0.25, -0.2) is 0 Å². The summed E-state index contributed by atoms with van der Waals surface area (Å²) in [6, 6.07) is 0.613. The van der Waals surface area contributed by atoms with E-state index >= 15 is 0 Å². The van der Waals surface area contributed by atoms with Crippen LogP contribution in [0.1, 0.15) is 72.1 Å². The van der Waals surface area contributed by atoms with Crippen LogP contribution in [0.25, 0.3) is 0 Å². The highest BCUT2D eigenvalue weighted by molar-refractivity contribution is 5.11. The lowest BCUT2D eigenvalue weighted by atomic mass is 9.70. The molecule has 0 unspecified atom stereocenters. The molecule has 4 atom stereocenters. The lowest BCUT2D eigenvalue weighted by molar-refractivity contribution is -0.0745. The summed E-state index contributed by atoms with van der Waals surface area (Å²) < 4.78 is 6.19. The summed E-state index contributed by atoms with van der Waals surface area (Å²) in [5.74, 6) is 0.806. The van der Waals surface area contributed by atoms with E-state index in [1.807, 2.05) is 0 Å². The van der Waals surface area contributed by atoms with E-state index in [1.165, 1.54) is 51.4 Å². The molecule has 3 nitrogen and oxygen atoms in total. The quantitative estimate of drug-likeness (QED) is 0.789. The molecule has 0 aromatic rings. The summed E-state index contributed by atoms with van der Waals surface area (Å²) >= 11 is 0. The number of fused-ring (bicyclic) bond motifs is 2. The van der Waals surface area contributed by atoms with Gasteiger partial charge in [-0.05, 0) is 48.9 Å². The smallest absolute Gasteiger partial charge is 0.0897 e. The predicted octanol–water partition coefficient (Wildman–Crippen LogP) is 3.50. The van der Waals surface area contributed by atoms with Gasteiger partial charge in [-0.15, -0.1) is 0 Å². The first kappa shape index (κ1) is 16.7. The van der Waals surface area contributed by atoms with E-state index in [-0.39, 0.29) is 6.10 Å². The zero-order valence-electron chi connectivity index (χ0n) is 14.7. The summed E-state index contributed by atoms with van der Waals surface area (Å²) in [7, 11) is 0. The van der Waals surface area contributed by atoms with E-state index in [1.54, 1.807) is 0 Å². The van der Waals surface area contributed by atoms with Crippen molar-refractivity contribution in [3.8, 4) is 0 Å². The van der Waals surface area contributed by atoms with Gasteiger partial charge in [-0.1, -0.05) is 40.0 Å². The molecule has 0 spiro atoms. The first-order valence-electron chi connectivity index (χ1n) is 9.46. The van der Waals surface area contributed by atoms with Gasteiger partial charge >= 0.3 is 0 Å². The third-order valence-corrected chi connectivity index (χ3v) is 7.45. The molecular weight excluding hydrogens is 274 g/mol. The maximum atomic E-state index is 10.2. The molecular formula is C19H35NO2. The van der Waals surface area contributed by atoms with Crippen molar-refractivity contribution in [3.05, 3.63) is 0 Å². The van der Waals surface area contributed by atoms with Gasteiger partial charge in [-0.3, -0.25) is 0 Å². The van der Waals surface area contributed by atoms with E-state index in [0.29, 0.717) is 36.1 Å². The highest BCUT2D eigenvalue weighted by Gasteiger charge is 2.61. The Morgan fingerprint density at radius 1 is 1.14 bits per heavy atom. The van der Waals surface area contributed by atoms with Gasteiger partial charge in [0.15, 0.2) is 0 Å². The van der Waals surface area contributed by atoms with Crippen molar-refractivity contribution in [1.29, 1.82) is 0 Å². The third kappa shape index (κ3) is 2.97. The molecule has 2 N–H and O–H groups in total. The number of ether oxygens (including phenoxy) is 1. The molecule has 0 aliphatic heterocycles. The molecule has 22 heavy (non-hydrogen) atoms. The Morgan fingerprint density at radius 2 is 1.86 bits per heavy atom. The van der Waals surface area contributed by atoms with Gasteiger partial charge < -0.3 is 15.2 Å². The molecule has 3 saturated carbocycles. The van der Waals surface area contributed by atoms with Crippen molar-refractivity contribution in [1.82, 2.24) is 5.32 Å². The van der Waals surface area contributed by atoms with Crippen LogP contribution in [0.15, 0.2) is 0 Å². The molecule has 0 aromatic heterocycles. The second-order valence-corrected chi connectivity index (χ2v) is 8.83. The van der Waals surface area contributed by atoms with Crippen LogP contribution < -0.4 is 5.32 Å². The molecule has 128 valence electrons. The third-order valence-electron chi connectivity index (χ3n) is 7.45. The maximum Gasteiger partial charge on any atom is 0.0897 e. The van der Waals surface area contributed by atoms with Crippen LogP contribution in [0.3, 0.4) is 0 Å². The minimum absolute atomic E-state index is 0.300. The minimum Gasteiger partial charge on any atom is -0.389 e. The first-order chi connectivity index (χ1) is 10.4. The SMILES string of the molecule is CC1(C)[C@@H]2CC[C@@]1(C)[C@H](OC[C@H](O)CNC1CCCCC1)C2. The fourth-order valence-electron chi connectivity index (χ4n) is 5.28. The Balaban J connectivity index is 1.41. The molecule has 3 aliphatic rings. The number of rotatable bonds is 6. The Kier molecular flexibility index (Phi) is 4.87. The zero-order valence-corrected chi connectivity index (χ0v) is 14.7. The molecule has 3 fully saturated rings. The van der Waals surface area contributed by atoms with E-state index in [0.717, 1.165) is 5.92 Å². The Hall–Kier alpha value is -0.120. The number of aliphatic hydroxyl groups is 1. The van der Waals surface area contributed by atoms with E-state index in [4.69, 9.17) is 4.74 Å². The van der Waals surface area contributed by atoms with Crippen LogP contribution in [-0.4, -0.2) is 36.5 Å². The van der Waals surface area contributed by atoms with Gasteiger partial charge in [-0.2, -0.15) is 0 Å². The highest BCUT2D eigenvalue weighted by atomic mass is 16.5. The molecule has 3 aliphatic carbocycles. The van der Waals surface area contributed by atoms with Crippen LogP contribution in [0.5, 0.6) is 0 Å². The van der Waals surface area contributed by atoms with Gasteiger partial charge in [0.05, 0.1) is 18.8 Å². The van der Waals surface area contributed by atoms with Crippen molar-refractivity contribution < 1.29 is 9.84 Å². The monoisotopic (exact) mass is 309 g/mol. The zero-order chi connectivity index (χ0) is 15.8. The van der Waals surface area contributed by atoms with E-state index < -0.39 is 0 Å². The van der Waals surface area contributed by atoms with E-state index in [2.05, 4.69) is 26.1 Å². The summed E-state index contributed by atoms with van der Waals surface area (Å²) in [6.07, 6.45) is 10.4. The molecule has 3 heteroatoms. The van der Waals surface area contributed by atoms with Gasteiger partial charge in [0.2, 0.25) is 0 Å². The summed E-state index contributed by atoms with van der Waals surface area (Å²) in [6.45, 7) is 8.39. The van der Waals surface area contributed by atoms with Crippen molar-refractivity contribution in [2.24, 2.45) is 16.7 Å². The normalized spacial score (nSPS) is 39.3. The van der Waals surface area contributed by atoms with Crippen LogP contribution in [0, 0.1) is 16.7 Å². The first-order valence-corrected chi connectivity index (χ1v) is 9.46. The van der Waals surface area contributed by atoms with Gasteiger partial charge in [0.1, 0.15) is 0 Å². The topological polar surface area (TPSA) is 41.5 Å². The maximum absolute atomic E-state index is 10.2. The van der Waals surface area contributed by atoms with Crippen LogP contribution in [0.4, 0.5) is 0 Å². The molecule has 0 amide bonds. The molecule has 2 bridgehead atoms. The average Bonchev–Trinajstić information content (AvgIpc) is 2.85. The molecule has 3 rings (SSSR count). The second kappa shape index (κ2) is 6.41. The molecule has 0 aromatic carbocycles. The van der Waals surface area contributed by atoms with Crippen LogP contribution >= 0.6 is 0 Å². The van der Waals surface area contributed by atoms with E-state index in [9.17, 15) is 5.11 Å². The van der Waals surface area contributed by atoms with Crippen LogP contribution in [0.2, 0.25) is 0 Å². The van der Waals surface area contributed by atoms with Crippen molar-refractivity contribution in [2.75, 3.05) is 13.2 Å². The summed E-state index contributed by atoms with van der Waals surface area (Å²) in [4.78, 5) is 0. The van der Waals surface area contributed by atoms with Crippen LogP contribution in [-0.2, 0) is 4.74 Å². The average molecular weight is 309 g/mol. The predicted molar refractivity (Wildman–Crippen MR) is 89.9 cm³/mol. The van der Waals surface area contributed by atoms with Crippen molar-refractivity contribution in [3.63, 3.8) is 0 Å². The van der Waals surface area contributed by atoms with Crippen molar-refractivity contribution in [2.45, 2.75) is 90.4 Å².